The van der Waals surface area contributed by atoms with E-state index in [-0.39, 0.29) is 18.6 Å². The van der Waals surface area contributed by atoms with E-state index in [1.165, 1.54) is 23.5 Å². The number of ether oxygens (including phenoxy) is 1. The highest BCUT2D eigenvalue weighted by Gasteiger charge is 2.23. The van der Waals surface area contributed by atoms with Crippen molar-refractivity contribution in [2.45, 2.75) is 43.2 Å². The Hall–Kier alpha value is -1.14. The molecule has 2 atom stereocenters. The summed E-state index contributed by atoms with van der Waals surface area (Å²) >= 11 is 3.87. The molecule has 1 saturated heterocycles. The highest BCUT2D eigenvalue weighted by Crippen LogP contribution is 2.45. The molecule has 1 aliphatic carbocycles. The van der Waals surface area contributed by atoms with Gasteiger partial charge in [0.2, 0.25) is 0 Å². The average Bonchev–Trinajstić information content (AvgIpc) is 3.16. The number of hydrogen-bond donors (Lipinski definition) is 1. The van der Waals surface area contributed by atoms with Crippen molar-refractivity contribution in [2.24, 2.45) is 5.92 Å². The van der Waals surface area contributed by atoms with E-state index in [2.05, 4.69) is 12.2 Å². The molecule has 1 N–H and O–H groups in total. The first kappa shape index (κ1) is 18.6. The van der Waals surface area contributed by atoms with Gasteiger partial charge in [-0.15, -0.1) is 23.5 Å². The maximum atomic E-state index is 12.1. The minimum absolute atomic E-state index is 0.206. The molecule has 1 amide bonds. The maximum absolute atomic E-state index is 12.1. The smallest absolute Gasteiger partial charge is 0.338 e. The SMILES string of the molecule is C[C@H]1CCCC[C@@H]1NC(=O)COC(=O)c1ccc(C2SCCS2)cc1. The van der Waals surface area contributed by atoms with Crippen LogP contribution < -0.4 is 5.32 Å². The zero-order valence-electron chi connectivity index (χ0n) is 14.5. The molecule has 0 unspecified atom stereocenters. The minimum Gasteiger partial charge on any atom is -0.452 e. The third-order valence-electron chi connectivity index (χ3n) is 4.83. The molecule has 0 spiro atoms. The van der Waals surface area contributed by atoms with Crippen LogP contribution in [0.4, 0.5) is 0 Å². The van der Waals surface area contributed by atoms with Crippen LogP contribution in [0, 0.1) is 5.92 Å². The summed E-state index contributed by atoms with van der Waals surface area (Å²) in [6, 6.07) is 7.75. The van der Waals surface area contributed by atoms with Crippen molar-refractivity contribution in [3.8, 4) is 0 Å². The second-order valence-electron chi connectivity index (χ2n) is 6.71. The van der Waals surface area contributed by atoms with Crippen LogP contribution in [-0.2, 0) is 9.53 Å². The Morgan fingerprint density at radius 1 is 1.12 bits per heavy atom. The van der Waals surface area contributed by atoms with E-state index in [1.54, 1.807) is 12.1 Å². The number of thioether (sulfide) groups is 2. The minimum atomic E-state index is -0.440. The normalized spacial score (nSPS) is 24.0. The largest absolute Gasteiger partial charge is 0.452 e. The lowest BCUT2D eigenvalue weighted by atomic mass is 9.86. The van der Waals surface area contributed by atoms with Crippen molar-refractivity contribution in [3.05, 3.63) is 35.4 Å². The molecule has 2 fully saturated rings. The highest BCUT2D eigenvalue weighted by atomic mass is 32.2. The topological polar surface area (TPSA) is 55.4 Å². The quantitative estimate of drug-likeness (QED) is 0.783. The number of benzene rings is 1. The van der Waals surface area contributed by atoms with Gasteiger partial charge in [-0.05, 0) is 36.5 Å². The summed E-state index contributed by atoms with van der Waals surface area (Å²) in [5.41, 5.74) is 1.73. The zero-order valence-corrected chi connectivity index (χ0v) is 16.2. The van der Waals surface area contributed by atoms with Crippen molar-refractivity contribution in [1.29, 1.82) is 0 Å². The molecule has 1 aromatic rings. The van der Waals surface area contributed by atoms with E-state index < -0.39 is 5.97 Å². The lowest BCUT2D eigenvalue weighted by Gasteiger charge is -2.29. The molecule has 0 radical (unpaired) electrons. The van der Waals surface area contributed by atoms with E-state index in [1.807, 2.05) is 35.7 Å². The van der Waals surface area contributed by atoms with Gasteiger partial charge in [0.25, 0.3) is 5.91 Å². The van der Waals surface area contributed by atoms with Gasteiger partial charge in [0, 0.05) is 17.5 Å². The van der Waals surface area contributed by atoms with Crippen LogP contribution >= 0.6 is 23.5 Å². The summed E-state index contributed by atoms with van der Waals surface area (Å²) in [5, 5.41) is 3.00. The second-order valence-corrected chi connectivity index (χ2v) is 9.43. The van der Waals surface area contributed by atoms with Gasteiger partial charge in [0.1, 0.15) is 0 Å². The first-order valence-corrected chi connectivity index (χ1v) is 11.0. The lowest BCUT2D eigenvalue weighted by molar-refractivity contribution is -0.125. The van der Waals surface area contributed by atoms with E-state index in [9.17, 15) is 9.59 Å². The molecule has 1 aliphatic heterocycles. The van der Waals surface area contributed by atoms with Crippen LogP contribution in [0.5, 0.6) is 0 Å². The van der Waals surface area contributed by atoms with Gasteiger partial charge < -0.3 is 10.1 Å². The van der Waals surface area contributed by atoms with E-state index in [4.69, 9.17) is 4.74 Å². The molecular formula is C19H25NO3S2. The fraction of sp³-hybridized carbons (Fsp3) is 0.579. The monoisotopic (exact) mass is 379 g/mol. The molecule has 3 rings (SSSR count). The standard InChI is InChI=1S/C19H25NO3S2/c1-13-4-2-3-5-16(13)20-17(21)12-23-18(22)14-6-8-15(9-7-14)19-24-10-11-25-19/h6-9,13,16,19H,2-5,10-12H2,1H3,(H,20,21)/t13-,16-/m0/s1. The van der Waals surface area contributed by atoms with E-state index >= 15 is 0 Å². The molecule has 1 heterocycles. The number of nitrogens with one attached hydrogen (secondary N) is 1. The van der Waals surface area contributed by atoms with E-state index in [0.29, 0.717) is 16.1 Å². The third kappa shape index (κ3) is 5.17. The predicted molar refractivity (Wildman–Crippen MR) is 104 cm³/mol. The molecule has 136 valence electrons. The Balaban J connectivity index is 1.46. The van der Waals surface area contributed by atoms with Crippen LogP contribution in [0.3, 0.4) is 0 Å². The van der Waals surface area contributed by atoms with Crippen LogP contribution in [0.1, 0.15) is 53.1 Å². The van der Waals surface area contributed by atoms with Gasteiger partial charge in [-0.3, -0.25) is 4.79 Å². The Morgan fingerprint density at radius 3 is 2.48 bits per heavy atom. The lowest BCUT2D eigenvalue weighted by Crippen LogP contribution is -2.42. The maximum Gasteiger partial charge on any atom is 0.338 e. The van der Waals surface area contributed by atoms with Crippen molar-refractivity contribution in [2.75, 3.05) is 18.1 Å². The van der Waals surface area contributed by atoms with Crippen molar-refractivity contribution < 1.29 is 14.3 Å². The number of hydrogen-bond acceptors (Lipinski definition) is 5. The Morgan fingerprint density at radius 2 is 1.80 bits per heavy atom. The molecule has 1 saturated carbocycles. The number of carbonyl (C=O) groups is 2. The summed E-state index contributed by atoms with van der Waals surface area (Å²) in [6.07, 6.45) is 4.55. The van der Waals surface area contributed by atoms with Gasteiger partial charge in [-0.1, -0.05) is 31.9 Å². The van der Waals surface area contributed by atoms with Crippen LogP contribution in [0.25, 0.3) is 0 Å². The number of esters is 1. The van der Waals surface area contributed by atoms with Crippen molar-refractivity contribution in [3.63, 3.8) is 0 Å². The highest BCUT2D eigenvalue weighted by molar-refractivity contribution is 8.19. The van der Waals surface area contributed by atoms with Crippen LogP contribution in [-0.4, -0.2) is 36.0 Å². The van der Waals surface area contributed by atoms with Crippen LogP contribution in [0.15, 0.2) is 24.3 Å². The van der Waals surface area contributed by atoms with Gasteiger partial charge >= 0.3 is 5.97 Å². The molecule has 25 heavy (non-hydrogen) atoms. The summed E-state index contributed by atoms with van der Waals surface area (Å²) in [6.45, 7) is 1.96. The third-order valence-corrected chi connectivity index (χ3v) is 7.94. The first-order chi connectivity index (χ1) is 12.1. The number of amides is 1. The molecule has 2 aliphatic rings. The van der Waals surface area contributed by atoms with E-state index in [0.717, 1.165) is 19.3 Å². The molecule has 0 bridgehead atoms. The Labute approximate surface area is 157 Å². The van der Waals surface area contributed by atoms with Crippen molar-refractivity contribution in [1.82, 2.24) is 5.32 Å². The van der Waals surface area contributed by atoms with Gasteiger partial charge in [0.05, 0.1) is 10.1 Å². The number of carbonyl (C=O) groups excluding carboxylic acids is 2. The Kier molecular flexibility index (Phi) is 6.70. The predicted octanol–water partition coefficient (Wildman–Crippen LogP) is 4.02. The molecule has 4 nitrogen and oxygen atoms in total. The van der Waals surface area contributed by atoms with Crippen LogP contribution in [0.2, 0.25) is 0 Å². The second kappa shape index (κ2) is 8.99. The fourth-order valence-electron chi connectivity index (χ4n) is 3.32. The summed E-state index contributed by atoms with van der Waals surface area (Å²) in [7, 11) is 0. The zero-order chi connectivity index (χ0) is 17.6. The number of rotatable bonds is 5. The summed E-state index contributed by atoms with van der Waals surface area (Å²) in [4.78, 5) is 24.2. The van der Waals surface area contributed by atoms with Gasteiger partial charge in [-0.2, -0.15) is 0 Å². The van der Waals surface area contributed by atoms with Crippen molar-refractivity contribution >= 4 is 35.4 Å². The molecule has 6 heteroatoms. The first-order valence-electron chi connectivity index (χ1n) is 8.93. The fourth-order valence-corrected chi connectivity index (χ4v) is 6.18. The summed E-state index contributed by atoms with van der Waals surface area (Å²) < 4.78 is 5.64. The average molecular weight is 380 g/mol. The van der Waals surface area contributed by atoms with Gasteiger partial charge in [-0.25, -0.2) is 4.79 Å². The van der Waals surface area contributed by atoms with Gasteiger partial charge in [0.15, 0.2) is 6.61 Å². The molecule has 1 aromatic carbocycles. The Bertz CT molecular complexity index is 599. The molecular weight excluding hydrogens is 354 g/mol. The molecule has 0 aromatic heterocycles. The summed E-state index contributed by atoms with van der Waals surface area (Å²) in [5.74, 6) is 2.20.